The highest BCUT2D eigenvalue weighted by Gasteiger charge is 2.11. The zero-order valence-corrected chi connectivity index (χ0v) is 15.7. The minimum absolute atomic E-state index is 0.143. The molecular formula is C18H27N3O5. The summed E-state index contributed by atoms with van der Waals surface area (Å²) >= 11 is 0. The van der Waals surface area contributed by atoms with Crippen molar-refractivity contribution in [3.63, 3.8) is 0 Å². The van der Waals surface area contributed by atoms with Gasteiger partial charge in [-0.2, -0.15) is 5.10 Å². The fourth-order valence-corrected chi connectivity index (χ4v) is 1.93. The smallest absolute Gasteiger partial charge is 0.329 e. The Hall–Kier alpha value is -2.61. The molecule has 2 N–H and O–H groups in total. The number of carbonyl (C=O) groups is 2. The molecule has 144 valence electrons. The standard InChI is InChI=1S/C18H27N3O5/c1-5-25-16-11-14(7-8-15(16)24-4)12-20-21-18(23)17(22)19-9-6-10-26-13(2)3/h7-8,11-13H,5-6,9-10H2,1-4H3,(H,19,22)(H,21,23)/b20-12-. The first-order chi connectivity index (χ1) is 12.5. The van der Waals surface area contributed by atoms with E-state index in [-0.39, 0.29) is 6.10 Å². The summed E-state index contributed by atoms with van der Waals surface area (Å²) in [5, 5.41) is 6.28. The van der Waals surface area contributed by atoms with Gasteiger partial charge in [-0.25, -0.2) is 5.43 Å². The highest BCUT2D eigenvalue weighted by atomic mass is 16.5. The van der Waals surface area contributed by atoms with Crippen LogP contribution in [0.5, 0.6) is 11.5 Å². The molecule has 0 heterocycles. The molecule has 1 aromatic carbocycles. The van der Waals surface area contributed by atoms with Gasteiger partial charge in [-0.3, -0.25) is 9.59 Å². The summed E-state index contributed by atoms with van der Waals surface area (Å²) < 4.78 is 16.0. The van der Waals surface area contributed by atoms with E-state index in [1.54, 1.807) is 25.3 Å². The Labute approximate surface area is 153 Å². The number of hydrazone groups is 1. The van der Waals surface area contributed by atoms with Crippen LogP contribution in [0.1, 0.15) is 32.8 Å². The fraction of sp³-hybridized carbons (Fsp3) is 0.500. The molecule has 0 aliphatic heterocycles. The fourth-order valence-electron chi connectivity index (χ4n) is 1.93. The normalized spacial score (nSPS) is 10.8. The third-order valence-electron chi connectivity index (χ3n) is 3.13. The van der Waals surface area contributed by atoms with Gasteiger partial charge in [0.15, 0.2) is 11.5 Å². The Kier molecular flexibility index (Phi) is 9.78. The van der Waals surface area contributed by atoms with Crippen LogP contribution < -0.4 is 20.2 Å². The van der Waals surface area contributed by atoms with Crippen molar-refractivity contribution in [3.8, 4) is 11.5 Å². The van der Waals surface area contributed by atoms with Gasteiger partial charge in [-0.05, 0) is 51.0 Å². The van der Waals surface area contributed by atoms with Crippen molar-refractivity contribution in [2.24, 2.45) is 5.10 Å². The Morgan fingerprint density at radius 1 is 1.23 bits per heavy atom. The summed E-state index contributed by atoms with van der Waals surface area (Å²) in [4.78, 5) is 23.3. The Morgan fingerprint density at radius 2 is 2.00 bits per heavy atom. The molecule has 0 bridgehead atoms. The molecule has 1 aromatic rings. The van der Waals surface area contributed by atoms with Gasteiger partial charge in [-0.1, -0.05) is 0 Å². The molecule has 1 rings (SSSR count). The van der Waals surface area contributed by atoms with Crippen molar-refractivity contribution in [2.75, 3.05) is 26.9 Å². The van der Waals surface area contributed by atoms with Crippen molar-refractivity contribution in [2.45, 2.75) is 33.3 Å². The van der Waals surface area contributed by atoms with E-state index in [1.165, 1.54) is 6.21 Å². The molecule has 0 spiro atoms. The quantitative estimate of drug-likeness (QED) is 0.283. The first kappa shape index (κ1) is 21.4. The van der Waals surface area contributed by atoms with E-state index in [0.717, 1.165) is 0 Å². The van der Waals surface area contributed by atoms with Crippen molar-refractivity contribution >= 4 is 18.0 Å². The molecule has 0 unspecified atom stereocenters. The zero-order chi connectivity index (χ0) is 19.4. The van der Waals surface area contributed by atoms with Crippen LogP contribution in [0.2, 0.25) is 0 Å². The molecule has 0 saturated heterocycles. The molecule has 2 amide bonds. The number of ether oxygens (including phenoxy) is 3. The predicted octanol–water partition coefficient (Wildman–Crippen LogP) is 1.48. The van der Waals surface area contributed by atoms with Gasteiger partial charge in [0.2, 0.25) is 0 Å². The van der Waals surface area contributed by atoms with Crippen LogP contribution in [0.3, 0.4) is 0 Å². The van der Waals surface area contributed by atoms with E-state index < -0.39 is 11.8 Å². The average Bonchev–Trinajstić information content (AvgIpc) is 2.61. The van der Waals surface area contributed by atoms with Gasteiger partial charge in [0.1, 0.15) is 0 Å². The van der Waals surface area contributed by atoms with Crippen LogP contribution in [-0.4, -0.2) is 51.0 Å². The lowest BCUT2D eigenvalue weighted by Crippen LogP contribution is -2.38. The molecule has 0 radical (unpaired) electrons. The van der Waals surface area contributed by atoms with E-state index in [0.29, 0.717) is 43.2 Å². The third kappa shape index (κ3) is 7.98. The van der Waals surface area contributed by atoms with Gasteiger partial charge >= 0.3 is 11.8 Å². The average molecular weight is 365 g/mol. The maximum absolute atomic E-state index is 11.7. The lowest BCUT2D eigenvalue weighted by Gasteiger charge is -2.09. The molecule has 0 fully saturated rings. The van der Waals surface area contributed by atoms with E-state index in [2.05, 4.69) is 15.8 Å². The number of rotatable bonds is 10. The molecule has 8 heteroatoms. The first-order valence-electron chi connectivity index (χ1n) is 8.51. The Bertz CT molecular complexity index is 617. The molecular weight excluding hydrogens is 338 g/mol. The van der Waals surface area contributed by atoms with E-state index in [1.807, 2.05) is 20.8 Å². The second-order valence-corrected chi connectivity index (χ2v) is 5.57. The second-order valence-electron chi connectivity index (χ2n) is 5.57. The van der Waals surface area contributed by atoms with Crippen molar-refractivity contribution < 1.29 is 23.8 Å². The van der Waals surface area contributed by atoms with Crippen molar-refractivity contribution in [1.82, 2.24) is 10.7 Å². The number of hydrogen-bond donors (Lipinski definition) is 2. The van der Waals surface area contributed by atoms with Crippen LogP contribution in [0.25, 0.3) is 0 Å². The summed E-state index contributed by atoms with van der Waals surface area (Å²) in [6, 6.07) is 5.22. The van der Waals surface area contributed by atoms with Crippen LogP contribution in [0, 0.1) is 0 Å². The first-order valence-corrected chi connectivity index (χ1v) is 8.51. The van der Waals surface area contributed by atoms with Crippen LogP contribution in [0.15, 0.2) is 23.3 Å². The van der Waals surface area contributed by atoms with E-state index in [4.69, 9.17) is 14.2 Å². The summed E-state index contributed by atoms with van der Waals surface area (Å²) in [7, 11) is 1.55. The number of methoxy groups -OCH3 is 1. The topological polar surface area (TPSA) is 98.2 Å². The predicted molar refractivity (Wildman–Crippen MR) is 98.6 cm³/mol. The highest BCUT2D eigenvalue weighted by Crippen LogP contribution is 2.27. The number of carbonyl (C=O) groups excluding carboxylic acids is 2. The number of benzene rings is 1. The lowest BCUT2D eigenvalue weighted by atomic mass is 10.2. The van der Waals surface area contributed by atoms with Crippen LogP contribution in [-0.2, 0) is 14.3 Å². The molecule has 0 aliphatic rings. The lowest BCUT2D eigenvalue weighted by molar-refractivity contribution is -0.139. The van der Waals surface area contributed by atoms with Gasteiger partial charge in [0.05, 0.1) is 26.0 Å². The summed E-state index contributed by atoms with van der Waals surface area (Å²) in [6.45, 7) is 7.12. The summed E-state index contributed by atoms with van der Waals surface area (Å²) in [5.41, 5.74) is 2.88. The van der Waals surface area contributed by atoms with E-state index >= 15 is 0 Å². The third-order valence-corrected chi connectivity index (χ3v) is 3.13. The highest BCUT2D eigenvalue weighted by molar-refractivity contribution is 6.35. The number of hydrogen-bond acceptors (Lipinski definition) is 6. The van der Waals surface area contributed by atoms with E-state index in [9.17, 15) is 9.59 Å². The van der Waals surface area contributed by atoms with Crippen LogP contribution in [0.4, 0.5) is 0 Å². The Morgan fingerprint density at radius 3 is 2.65 bits per heavy atom. The molecule has 0 aliphatic carbocycles. The molecule has 0 atom stereocenters. The number of nitrogens with zero attached hydrogens (tertiary/aromatic N) is 1. The largest absolute Gasteiger partial charge is 0.493 e. The van der Waals surface area contributed by atoms with Gasteiger partial charge < -0.3 is 19.5 Å². The number of nitrogens with one attached hydrogen (secondary N) is 2. The monoisotopic (exact) mass is 365 g/mol. The molecule has 0 aromatic heterocycles. The van der Waals surface area contributed by atoms with Crippen molar-refractivity contribution in [3.05, 3.63) is 23.8 Å². The minimum Gasteiger partial charge on any atom is -0.493 e. The SMILES string of the molecule is CCOc1cc(/C=N\NC(=O)C(=O)NCCCOC(C)C)ccc1OC. The molecule has 0 saturated carbocycles. The second kappa shape index (κ2) is 11.9. The van der Waals surface area contributed by atoms with Gasteiger partial charge in [0, 0.05) is 13.2 Å². The van der Waals surface area contributed by atoms with Gasteiger partial charge in [-0.15, -0.1) is 0 Å². The number of amides is 2. The maximum atomic E-state index is 11.7. The minimum atomic E-state index is -0.829. The Balaban J connectivity index is 2.43. The van der Waals surface area contributed by atoms with Gasteiger partial charge in [0.25, 0.3) is 0 Å². The summed E-state index contributed by atoms with van der Waals surface area (Å²) in [6.07, 6.45) is 2.19. The zero-order valence-electron chi connectivity index (χ0n) is 15.7. The molecule has 8 nitrogen and oxygen atoms in total. The maximum Gasteiger partial charge on any atom is 0.329 e. The molecule has 26 heavy (non-hydrogen) atoms. The van der Waals surface area contributed by atoms with Crippen molar-refractivity contribution in [1.29, 1.82) is 0 Å². The summed E-state index contributed by atoms with van der Waals surface area (Å²) in [5.74, 6) is -0.387. The van der Waals surface area contributed by atoms with Crippen LogP contribution >= 0.6 is 0 Å².